The van der Waals surface area contributed by atoms with Gasteiger partial charge in [-0.3, -0.25) is 14.8 Å². The number of methoxy groups -OCH3 is 1. The molecular formula is C18H23N3O. The van der Waals surface area contributed by atoms with E-state index in [4.69, 9.17) is 4.74 Å². The molecular weight excluding hydrogens is 274 g/mol. The Kier molecular flexibility index (Phi) is 4.71. The summed E-state index contributed by atoms with van der Waals surface area (Å²) >= 11 is 0. The van der Waals surface area contributed by atoms with Crippen LogP contribution in [0.1, 0.15) is 17.2 Å². The third-order valence-electron chi connectivity index (χ3n) is 4.36. The fourth-order valence-electron chi connectivity index (χ4n) is 3.01. The third kappa shape index (κ3) is 3.46. The minimum absolute atomic E-state index is 0.427. The SMILES string of the molecule is COc1ccc(C2CN(Cc3cccnc3)CCN2C)cc1. The van der Waals surface area contributed by atoms with Crippen molar-refractivity contribution in [3.8, 4) is 5.75 Å². The van der Waals surface area contributed by atoms with Crippen LogP contribution in [0.4, 0.5) is 0 Å². The molecule has 0 bridgehead atoms. The lowest BCUT2D eigenvalue weighted by atomic mass is 10.0. The van der Waals surface area contributed by atoms with E-state index in [2.05, 4.69) is 40.0 Å². The average molecular weight is 297 g/mol. The van der Waals surface area contributed by atoms with Gasteiger partial charge in [0.2, 0.25) is 0 Å². The lowest BCUT2D eigenvalue weighted by Gasteiger charge is -2.39. The molecule has 4 nitrogen and oxygen atoms in total. The molecule has 1 unspecified atom stereocenters. The Bertz CT molecular complexity index is 585. The highest BCUT2D eigenvalue weighted by Gasteiger charge is 2.25. The monoisotopic (exact) mass is 297 g/mol. The first-order valence-corrected chi connectivity index (χ1v) is 7.71. The van der Waals surface area contributed by atoms with E-state index < -0.39 is 0 Å². The second kappa shape index (κ2) is 6.90. The van der Waals surface area contributed by atoms with Gasteiger partial charge in [-0.1, -0.05) is 18.2 Å². The van der Waals surface area contributed by atoms with E-state index in [1.54, 1.807) is 7.11 Å². The van der Waals surface area contributed by atoms with Crippen LogP contribution in [0.15, 0.2) is 48.8 Å². The number of pyridine rings is 1. The standard InChI is InChI=1S/C18H23N3O/c1-20-10-11-21(13-15-4-3-9-19-12-15)14-18(20)16-5-7-17(22-2)8-6-16/h3-9,12,18H,10-11,13-14H2,1-2H3. The van der Waals surface area contributed by atoms with Crippen molar-refractivity contribution in [3.63, 3.8) is 0 Å². The van der Waals surface area contributed by atoms with Gasteiger partial charge >= 0.3 is 0 Å². The molecule has 0 spiro atoms. The fraction of sp³-hybridized carbons (Fsp3) is 0.389. The van der Waals surface area contributed by atoms with Gasteiger partial charge in [0.15, 0.2) is 0 Å². The quantitative estimate of drug-likeness (QED) is 0.867. The van der Waals surface area contributed by atoms with Gasteiger partial charge in [-0.2, -0.15) is 0 Å². The summed E-state index contributed by atoms with van der Waals surface area (Å²) in [5.41, 5.74) is 2.62. The van der Waals surface area contributed by atoms with Crippen LogP contribution in [0, 0.1) is 0 Å². The summed E-state index contributed by atoms with van der Waals surface area (Å²) in [7, 11) is 3.91. The zero-order valence-corrected chi connectivity index (χ0v) is 13.3. The van der Waals surface area contributed by atoms with Crippen molar-refractivity contribution in [2.45, 2.75) is 12.6 Å². The summed E-state index contributed by atoms with van der Waals surface area (Å²) in [6.07, 6.45) is 3.79. The lowest BCUT2D eigenvalue weighted by molar-refractivity contribution is 0.0904. The van der Waals surface area contributed by atoms with Crippen molar-refractivity contribution in [2.24, 2.45) is 0 Å². The number of piperazine rings is 1. The molecule has 1 saturated heterocycles. The molecule has 0 radical (unpaired) electrons. The van der Waals surface area contributed by atoms with Crippen molar-refractivity contribution in [2.75, 3.05) is 33.8 Å². The molecule has 116 valence electrons. The van der Waals surface area contributed by atoms with Gasteiger partial charge in [-0.15, -0.1) is 0 Å². The van der Waals surface area contributed by atoms with Crippen molar-refractivity contribution in [3.05, 3.63) is 59.9 Å². The van der Waals surface area contributed by atoms with Gasteiger partial charge in [0.1, 0.15) is 5.75 Å². The van der Waals surface area contributed by atoms with E-state index in [9.17, 15) is 0 Å². The van der Waals surface area contributed by atoms with Crippen molar-refractivity contribution in [1.29, 1.82) is 0 Å². The Labute approximate surface area is 132 Å². The van der Waals surface area contributed by atoms with Crippen LogP contribution in [0.3, 0.4) is 0 Å². The largest absolute Gasteiger partial charge is 0.497 e. The summed E-state index contributed by atoms with van der Waals surface area (Å²) in [5.74, 6) is 0.912. The number of hydrogen-bond acceptors (Lipinski definition) is 4. The Hall–Kier alpha value is -1.91. The van der Waals surface area contributed by atoms with E-state index in [1.165, 1.54) is 11.1 Å². The number of nitrogens with zero attached hydrogens (tertiary/aromatic N) is 3. The van der Waals surface area contributed by atoms with Gasteiger partial charge in [0, 0.05) is 44.6 Å². The molecule has 2 heterocycles. The van der Waals surface area contributed by atoms with Crippen molar-refractivity contribution < 1.29 is 4.74 Å². The first kappa shape index (κ1) is 15.0. The number of ether oxygens (including phenoxy) is 1. The maximum Gasteiger partial charge on any atom is 0.118 e. The summed E-state index contributed by atoms with van der Waals surface area (Å²) in [4.78, 5) is 9.15. The number of aromatic nitrogens is 1. The highest BCUT2D eigenvalue weighted by Crippen LogP contribution is 2.26. The van der Waals surface area contributed by atoms with Crippen LogP contribution < -0.4 is 4.74 Å². The van der Waals surface area contributed by atoms with Gasteiger partial charge in [-0.05, 0) is 36.4 Å². The lowest BCUT2D eigenvalue weighted by Crippen LogP contribution is -2.46. The summed E-state index contributed by atoms with van der Waals surface area (Å²) in [5, 5.41) is 0. The van der Waals surface area contributed by atoms with Crippen LogP contribution in [-0.4, -0.2) is 48.6 Å². The van der Waals surface area contributed by atoms with E-state index in [0.29, 0.717) is 6.04 Å². The van der Waals surface area contributed by atoms with Gasteiger partial charge in [-0.25, -0.2) is 0 Å². The predicted molar refractivity (Wildman–Crippen MR) is 87.9 cm³/mol. The van der Waals surface area contributed by atoms with Gasteiger partial charge < -0.3 is 4.74 Å². The highest BCUT2D eigenvalue weighted by atomic mass is 16.5. The smallest absolute Gasteiger partial charge is 0.118 e. The summed E-state index contributed by atoms with van der Waals surface area (Å²) in [6, 6.07) is 13.0. The normalized spacial score (nSPS) is 20.0. The Morgan fingerprint density at radius 3 is 2.68 bits per heavy atom. The van der Waals surface area contributed by atoms with Crippen molar-refractivity contribution in [1.82, 2.24) is 14.8 Å². The van der Waals surface area contributed by atoms with Crippen LogP contribution in [0.2, 0.25) is 0 Å². The molecule has 0 amide bonds. The summed E-state index contributed by atoms with van der Waals surface area (Å²) < 4.78 is 5.25. The fourth-order valence-corrected chi connectivity index (χ4v) is 3.01. The molecule has 22 heavy (non-hydrogen) atoms. The Morgan fingerprint density at radius 2 is 2.00 bits per heavy atom. The number of likely N-dealkylation sites (N-methyl/N-ethyl adjacent to an activating group) is 1. The van der Waals surface area contributed by atoms with Crippen LogP contribution in [-0.2, 0) is 6.54 Å². The number of benzene rings is 1. The van der Waals surface area contributed by atoms with Crippen molar-refractivity contribution >= 4 is 0 Å². The first-order valence-electron chi connectivity index (χ1n) is 7.71. The second-order valence-corrected chi connectivity index (χ2v) is 5.87. The zero-order valence-electron chi connectivity index (χ0n) is 13.3. The molecule has 0 N–H and O–H groups in total. The maximum absolute atomic E-state index is 5.25. The molecule has 1 aliphatic rings. The van der Waals surface area contributed by atoms with Crippen LogP contribution in [0.25, 0.3) is 0 Å². The highest BCUT2D eigenvalue weighted by molar-refractivity contribution is 5.29. The molecule has 4 heteroatoms. The molecule has 0 saturated carbocycles. The minimum Gasteiger partial charge on any atom is -0.497 e. The number of hydrogen-bond donors (Lipinski definition) is 0. The molecule has 1 aromatic heterocycles. The van der Waals surface area contributed by atoms with E-state index >= 15 is 0 Å². The topological polar surface area (TPSA) is 28.6 Å². The molecule has 2 aromatic rings. The molecule has 0 aliphatic carbocycles. The van der Waals surface area contributed by atoms with E-state index in [1.807, 2.05) is 30.6 Å². The Balaban J connectivity index is 1.70. The van der Waals surface area contributed by atoms with E-state index in [0.717, 1.165) is 31.9 Å². The summed E-state index contributed by atoms with van der Waals surface area (Å²) in [6.45, 7) is 4.18. The Morgan fingerprint density at radius 1 is 1.18 bits per heavy atom. The number of rotatable bonds is 4. The first-order chi connectivity index (χ1) is 10.8. The average Bonchev–Trinajstić information content (AvgIpc) is 2.58. The molecule has 3 rings (SSSR count). The zero-order chi connectivity index (χ0) is 15.4. The van der Waals surface area contributed by atoms with Crippen LogP contribution in [0.5, 0.6) is 5.75 Å². The third-order valence-corrected chi connectivity index (χ3v) is 4.36. The van der Waals surface area contributed by atoms with E-state index in [-0.39, 0.29) is 0 Å². The van der Waals surface area contributed by atoms with Crippen LogP contribution >= 0.6 is 0 Å². The molecule has 1 atom stereocenters. The maximum atomic E-state index is 5.25. The van der Waals surface area contributed by atoms with Gasteiger partial charge in [0.05, 0.1) is 7.11 Å². The molecule has 1 aromatic carbocycles. The molecule has 1 fully saturated rings. The second-order valence-electron chi connectivity index (χ2n) is 5.87. The van der Waals surface area contributed by atoms with Gasteiger partial charge in [0.25, 0.3) is 0 Å². The minimum atomic E-state index is 0.427. The molecule has 1 aliphatic heterocycles. The predicted octanol–water partition coefficient (Wildman–Crippen LogP) is 2.58.